The Bertz CT molecular complexity index is 1080. The minimum Gasteiger partial charge on any atom is -0.465 e. The van der Waals surface area contributed by atoms with Gasteiger partial charge in [-0.1, -0.05) is 19.9 Å². The van der Waals surface area contributed by atoms with Crippen molar-refractivity contribution in [2.45, 2.75) is 26.7 Å². The van der Waals surface area contributed by atoms with E-state index in [2.05, 4.69) is 26.2 Å². The molecule has 4 N–H and O–H groups in total. The van der Waals surface area contributed by atoms with E-state index in [1.54, 1.807) is 16.8 Å². The SMILES string of the molecule is CONC(=O)c1cc(Nc2ncnn3cc(NC(=O)O)c(C(C)C)c23)ccc1C. The first kappa shape index (κ1) is 20.1. The molecule has 0 fully saturated rings. The summed E-state index contributed by atoms with van der Waals surface area (Å²) in [7, 11) is 1.37. The molecule has 0 radical (unpaired) electrons. The maximum Gasteiger partial charge on any atom is 0.409 e. The molecule has 0 spiro atoms. The molecule has 0 aliphatic carbocycles. The van der Waals surface area contributed by atoms with Crippen LogP contribution in [0.5, 0.6) is 0 Å². The number of nitrogens with one attached hydrogen (secondary N) is 3. The molecule has 152 valence electrons. The number of benzene rings is 1. The van der Waals surface area contributed by atoms with Crippen molar-refractivity contribution in [2.75, 3.05) is 17.7 Å². The van der Waals surface area contributed by atoms with Crippen molar-refractivity contribution in [3.05, 3.63) is 47.4 Å². The van der Waals surface area contributed by atoms with E-state index in [4.69, 9.17) is 9.94 Å². The number of hydroxylamine groups is 1. The van der Waals surface area contributed by atoms with Crippen LogP contribution < -0.4 is 16.1 Å². The summed E-state index contributed by atoms with van der Waals surface area (Å²) in [5.41, 5.74) is 6.05. The molecule has 0 aliphatic heterocycles. The van der Waals surface area contributed by atoms with Gasteiger partial charge in [0.05, 0.1) is 19.0 Å². The number of rotatable bonds is 6. The Morgan fingerprint density at radius 2 is 2.03 bits per heavy atom. The average molecular weight is 398 g/mol. The maximum atomic E-state index is 12.2. The van der Waals surface area contributed by atoms with Crippen LogP contribution in [0.3, 0.4) is 0 Å². The highest BCUT2D eigenvalue weighted by molar-refractivity contribution is 5.96. The largest absolute Gasteiger partial charge is 0.465 e. The molecule has 0 aliphatic rings. The van der Waals surface area contributed by atoms with Crippen LogP contribution in [0.1, 0.15) is 41.3 Å². The third-order valence-corrected chi connectivity index (χ3v) is 4.37. The number of carbonyl (C=O) groups is 2. The molecule has 2 aromatic heterocycles. The van der Waals surface area contributed by atoms with Crippen molar-refractivity contribution in [3.63, 3.8) is 0 Å². The number of hydrogen-bond acceptors (Lipinski definition) is 6. The summed E-state index contributed by atoms with van der Waals surface area (Å²) in [4.78, 5) is 32.4. The summed E-state index contributed by atoms with van der Waals surface area (Å²) in [5.74, 6) is 0.138. The summed E-state index contributed by atoms with van der Waals surface area (Å²) in [6.45, 7) is 5.74. The van der Waals surface area contributed by atoms with Crippen LogP contribution >= 0.6 is 0 Å². The second kappa shape index (κ2) is 8.15. The molecule has 2 heterocycles. The Morgan fingerprint density at radius 1 is 1.28 bits per heavy atom. The van der Waals surface area contributed by atoms with Gasteiger partial charge in [0.15, 0.2) is 5.82 Å². The molecule has 3 rings (SSSR count). The number of aromatic nitrogens is 3. The van der Waals surface area contributed by atoms with E-state index in [0.717, 1.165) is 11.1 Å². The lowest BCUT2D eigenvalue weighted by Crippen LogP contribution is -2.22. The number of fused-ring (bicyclic) bond motifs is 1. The average Bonchev–Trinajstić information content (AvgIpc) is 3.01. The standard InChI is InChI=1S/C19H22N6O4/c1-10(2)15-14(23-19(27)28)8-25-16(15)17(20-9-21-25)22-12-6-5-11(3)13(7-12)18(26)24-29-4/h5-10,23H,1-4H3,(H,24,26)(H,27,28)(H,20,21,22). The van der Waals surface area contributed by atoms with Gasteiger partial charge in [-0.15, -0.1) is 0 Å². The van der Waals surface area contributed by atoms with Crippen molar-refractivity contribution in [2.24, 2.45) is 0 Å². The Balaban J connectivity index is 2.07. The number of anilines is 3. The van der Waals surface area contributed by atoms with Crippen molar-refractivity contribution in [1.82, 2.24) is 20.1 Å². The molecule has 0 saturated carbocycles. The number of nitrogens with zero attached hydrogens (tertiary/aromatic N) is 3. The first-order valence-electron chi connectivity index (χ1n) is 8.89. The molecular formula is C19H22N6O4. The van der Waals surface area contributed by atoms with Gasteiger partial charge in [0, 0.05) is 16.8 Å². The smallest absolute Gasteiger partial charge is 0.409 e. The molecule has 29 heavy (non-hydrogen) atoms. The number of carbonyl (C=O) groups excluding carboxylic acids is 1. The molecule has 0 unspecified atom stereocenters. The van der Waals surface area contributed by atoms with Gasteiger partial charge in [0.2, 0.25) is 0 Å². The van der Waals surface area contributed by atoms with E-state index in [1.165, 1.54) is 13.4 Å². The van der Waals surface area contributed by atoms with Crippen LogP contribution in [-0.4, -0.2) is 38.8 Å². The fourth-order valence-electron chi connectivity index (χ4n) is 3.15. The molecule has 10 nitrogen and oxygen atoms in total. The van der Waals surface area contributed by atoms with Gasteiger partial charge < -0.3 is 10.4 Å². The Kier molecular flexibility index (Phi) is 5.64. The summed E-state index contributed by atoms with van der Waals surface area (Å²) in [6.07, 6.45) is 1.83. The lowest BCUT2D eigenvalue weighted by molar-refractivity contribution is 0.0537. The molecule has 0 bridgehead atoms. The molecule has 0 saturated heterocycles. The fourth-order valence-corrected chi connectivity index (χ4v) is 3.15. The molecule has 1 aromatic carbocycles. The molecular weight excluding hydrogens is 376 g/mol. The van der Waals surface area contributed by atoms with Gasteiger partial charge in [0.1, 0.15) is 11.8 Å². The zero-order valence-electron chi connectivity index (χ0n) is 16.5. The lowest BCUT2D eigenvalue weighted by Gasteiger charge is -2.13. The first-order valence-corrected chi connectivity index (χ1v) is 8.89. The number of carboxylic acid groups (broad SMARTS) is 1. The van der Waals surface area contributed by atoms with Crippen molar-refractivity contribution < 1.29 is 19.5 Å². The van der Waals surface area contributed by atoms with E-state index in [9.17, 15) is 9.59 Å². The molecule has 10 heteroatoms. The van der Waals surface area contributed by atoms with Crippen LogP contribution in [0.2, 0.25) is 0 Å². The van der Waals surface area contributed by atoms with Crippen LogP contribution in [-0.2, 0) is 4.84 Å². The summed E-state index contributed by atoms with van der Waals surface area (Å²) < 4.78 is 1.57. The maximum absolute atomic E-state index is 12.2. The topological polar surface area (TPSA) is 130 Å². The quantitative estimate of drug-likeness (QED) is 0.469. The fraction of sp³-hybridized carbons (Fsp3) is 0.263. The molecule has 3 aromatic rings. The molecule has 0 atom stereocenters. The highest BCUT2D eigenvalue weighted by Gasteiger charge is 2.20. The van der Waals surface area contributed by atoms with Crippen LogP contribution in [0.4, 0.5) is 22.0 Å². The van der Waals surface area contributed by atoms with Gasteiger partial charge in [0.25, 0.3) is 5.91 Å². The second-order valence-electron chi connectivity index (χ2n) is 6.73. The number of amides is 2. The van der Waals surface area contributed by atoms with Gasteiger partial charge >= 0.3 is 6.09 Å². The monoisotopic (exact) mass is 398 g/mol. The van der Waals surface area contributed by atoms with Crippen LogP contribution in [0.25, 0.3) is 5.52 Å². The normalized spacial score (nSPS) is 10.9. The van der Waals surface area contributed by atoms with E-state index in [0.29, 0.717) is 28.3 Å². The minimum absolute atomic E-state index is 0.00876. The Labute approximate surface area is 166 Å². The summed E-state index contributed by atoms with van der Waals surface area (Å²) in [5, 5.41) is 18.9. The molecule has 2 amide bonds. The predicted molar refractivity (Wildman–Crippen MR) is 108 cm³/mol. The van der Waals surface area contributed by atoms with E-state index < -0.39 is 6.09 Å². The Morgan fingerprint density at radius 3 is 2.69 bits per heavy atom. The minimum atomic E-state index is -1.15. The van der Waals surface area contributed by atoms with Gasteiger partial charge in [-0.05, 0) is 30.5 Å². The zero-order chi connectivity index (χ0) is 21.1. The number of hydrogen-bond donors (Lipinski definition) is 4. The van der Waals surface area contributed by atoms with E-state index in [1.807, 2.05) is 32.9 Å². The Hall–Kier alpha value is -3.66. The van der Waals surface area contributed by atoms with Crippen molar-refractivity contribution >= 4 is 34.7 Å². The summed E-state index contributed by atoms with van der Waals surface area (Å²) in [6, 6.07) is 5.33. The van der Waals surface area contributed by atoms with Gasteiger partial charge in [-0.25, -0.2) is 19.8 Å². The van der Waals surface area contributed by atoms with E-state index >= 15 is 0 Å². The van der Waals surface area contributed by atoms with Gasteiger partial charge in [-0.3, -0.25) is 14.9 Å². The van der Waals surface area contributed by atoms with Crippen molar-refractivity contribution in [3.8, 4) is 0 Å². The second-order valence-corrected chi connectivity index (χ2v) is 6.73. The lowest BCUT2D eigenvalue weighted by atomic mass is 10.0. The summed E-state index contributed by atoms with van der Waals surface area (Å²) >= 11 is 0. The van der Waals surface area contributed by atoms with Crippen LogP contribution in [0.15, 0.2) is 30.7 Å². The van der Waals surface area contributed by atoms with Crippen LogP contribution in [0, 0.1) is 6.92 Å². The predicted octanol–water partition coefficient (Wildman–Crippen LogP) is 3.29. The highest BCUT2D eigenvalue weighted by atomic mass is 16.6. The number of aryl methyl sites for hydroxylation is 1. The van der Waals surface area contributed by atoms with Crippen molar-refractivity contribution in [1.29, 1.82) is 0 Å². The third-order valence-electron chi connectivity index (χ3n) is 4.37. The first-order chi connectivity index (χ1) is 13.8. The van der Waals surface area contributed by atoms with E-state index in [-0.39, 0.29) is 11.8 Å². The van der Waals surface area contributed by atoms with Gasteiger partial charge in [-0.2, -0.15) is 5.10 Å². The third kappa shape index (κ3) is 4.11. The zero-order valence-corrected chi connectivity index (χ0v) is 16.5. The highest BCUT2D eigenvalue weighted by Crippen LogP contribution is 2.34.